The van der Waals surface area contributed by atoms with Crippen molar-refractivity contribution in [3.63, 3.8) is 0 Å². The van der Waals surface area contributed by atoms with Gasteiger partial charge in [0.25, 0.3) is 0 Å². The van der Waals surface area contributed by atoms with Crippen LogP contribution in [0.1, 0.15) is 19.3 Å². The Bertz CT molecular complexity index is 407. The van der Waals surface area contributed by atoms with Crippen molar-refractivity contribution >= 4 is 22.0 Å². The number of carboxylic acid groups (broad SMARTS) is 1. The van der Waals surface area contributed by atoms with Crippen molar-refractivity contribution in [3.8, 4) is 5.75 Å². The van der Waals surface area contributed by atoms with Crippen molar-refractivity contribution in [2.75, 3.05) is 13.2 Å². The minimum absolute atomic E-state index is 0.0279. The summed E-state index contributed by atoms with van der Waals surface area (Å²) in [6.45, 7) is 1.04. The molecule has 1 unspecified atom stereocenters. The lowest BCUT2D eigenvalue weighted by Crippen LogP contribution is -2.46. The van der Waals surface area contributed by atoms with Crippen LogP contribution in [-0.2, 0) is 0 Å². The van der Waals surface area contributed by atoms with Crippen molar-refractivity contribution in [1.82, 2.24) is 4.90 Å². The Morgan fingerprint density at radius 1 is 1.39 bits per heavy atom. The molecule has 1 fully saturated rings. The fourth-order valence-electron chi connectivity index (χ4n) is 2.15. The molecule has 1 aliphatic rings. The van der Waals surface area contributed by atoms with Crippen LogP contribution in [0.5, 0.6) is 5.75 Å². The fraction of sp³-hybridized carbons (Fsp3) is 0.462. The summed E-state index contributed by atoms with van der Waals surface area (Å²) in [6, 6.07) is 7.53. The maximum absolute atomic E-state index is 11.1. The third kappa shape index (κ3) is 3.38. The Labute approximate surface area is 115 Å². The minimum atomic E-state index is -0.848. The minimum Gasteiger partial charge on any atom is -0.491 e. The molecule has 1 aromatic carbocycles. The smallest absolute Gasteiger partial charge is 0.407 e. The van der Waals surface area contributed by atoms with Gasteiger partial charge in [0.1, 0.15) is 12.4 Å². The quantitative estimate of drug-likeness (QED) is 0.931. The molecule has 98 valence electrons. The number of halogens is 1. The summed E-state index contributed by atoms with van der Waals surface area (Å²) in [7, 11) is 0. The Balaban J connectivity index is 1.91. The number of amides is 1. The van der Waals surface area contributed by atoms with E-state index in [0.717, 1.165) is 29.5 Å². The van der Waals surface area contributed by atoms with Gasteiger partial charge in [-0.05, 0) is 43.5 Å². The Kier molecular flexibility index (Phi) is 4.47. The summed E-state index contributed by atoms with van der Waals surface area (Å²) >= 11 is 3.36. The predicted octanol–water partition coefficient (Wildman–Crippen LogP) is 3.36. The average molecular weight is 314 g/mol. The van der Waals surface area contributed by atoms with Crippen molar-refractivity contribution in [1.29, 1.82) is 0 Å². The first kappa shape index (κ1) is 13.2. The number of likely N-dealkylation sites (tertiary alicyclic amines) is 1. The normalized spacial score (nSPS) is 19.6. The number of piperidine rings is 1. The van der Waals surface area contributed by atoms with E-state index >= 15 is 0 Å². The molecule has 0 aliphatic carbocycles. The van der Waals surface area contributed by atoms with E-state index in [-0.39, 0.29) is 6.04 Å². The lowest BCUT2D eigenvalue weighted by molar-refractivity contribution is 0.0837. The zero-order valence-corrected chi connectivity index (χ0v) is 11.6. The van der Waals surface area contributed by atoms with Gasteiger partial charge in [-0.15, -0.1) is 0 Å². The third-order valence-electron chi connectivity index (χ3n) is 3.13. The maximum Gasteiger partial charge on any atom is 0.407 e. The van der Waals surface area contributed by atoms with Gasteiger partial charge in [-0.3, -0.25) is 0 Å². The highest BCUT2D eigenvalue weighted by Gasteiger charge is 2.26. The number of hydrogen-bond acceptors (Lipinski definition) is 2. The molecule has 0 aromatic heterocycles. The van der Waals surface area contributed by atoms with Gasteiger partial charge in [-0.1, -0.05) is 15.9 Å². The predicted molar refractivity (Wildman–Crippen MR) is 72.0 cm³/mol. The molecule has 1 aromatic rings. The number of benzene rings is 1. The second-order valence-corrected chi connectivity index (χ2v) is 5.31. The summed E-state index contributed by atoms with van der Waals surface area (Å²) in [5.41, 5.74) is 0. The molecule has 1 N–H and O–H groups in total. The second-order valence-electron chi connectivity index (χ2n) is 4.39. The lowest BCUT2D eigenvalue weighted by Gasteiger charge is -2.33. The molecule has 0 radical (unpaired) electrons. The SMILES string of the molecule is O=C(O)N1CCCCC1COc1ccc(Br)cc1. The molecule has 2 rings (SSSR count). The largest absolute Gasteiger partial charge is 0.491 e. The van der Waals surface area contributed by atoms with Crippen molar-refractivity contribution in [2.45, 2.75) is 25.3 Å². The van der Waals surface area contributed by atoms with Crippen LogP contribution < -0.4 is 4.74 Å². The van der Waals surface area contributed by atoms with Crippen LogP contribution in [-0.4, -0.2) is 35.3 Å². The molecule has 18 heavy (non-hydrogen) atoms. The molecule has 1 saturated heterocycles. The van der Waals surface area contributed by atoms with Crippen LogP contribution in [0.4, 0.5) is 4.79 Å². The van der Waals surface area contributed by atoms with Crippen molar-refractivity contribution in [2.24, 2.45) is 0 Å². The molecular formula is C13H16BrNO3. The number of hydrogen-bond donors (Lipinski definition) is 1. The molecule has 0 saturated carbocycles. The van der Waals surface area contributed by atoms with Gasteiger partial charge in [0.15, 0.2) is 0 Å². The number of carbonyl (C=O) groups is 1. The van der Waals surface area contributed by atoms with E-state index in [2.05, 4.69) is 15.9 Å². The summed E-state index contributed by atoms with van der Waals surface area (Å²) in [5, 5.41) is 9.11. The molecule has 1 atom stereocenters. The monoisotopic (exact) mass is 313 g/mol. The zero-order chi connectivity index (χ0) is 13.0. The maximum atomic E-state index is 11.1. The summed E-state index contributed by atoms with van der Waals surface area (Å²) in [5.74, 6) is 0.772. The zero-order valence-electron chi connectivity index (χ0n) is 10.0. The standard InChI is InChI=1S/C13H16BrNO3/c14-10-4-6-12(7-5-10)18-9-11-3-1-2-8-15(11)13(16)17/h4-7,11H,1-3,8-9H2,(H,16,17). The van der Waals surface area contributed by atoms with Crippen LogP contribution in [0.2, 0.25) is 0 Å². The third-order valence-corrected chi connectivity index (χ3v) is 3.66. The molecule has 1 amide bonds. The van der Waals surface area contributed by atoms with E-state index in [1.165, 1.54) is 4.90 Å². The lowest BCUT2D eigenvalue weighted by atomic mass is 10.0. The van der Waals surface area contributed by atoms with Crippen molar-refractivity contribution < 1.29 is 14.6 Å². The van der Waals surface area contributed by atoms with E-state index in [1.807, 2.05) is 24.3 Å². The molecule has 1 heterocycles. The molecule has 5 heteroatoms. The van der Waals surface area contributed by atoms with Gasteiger partial charge in [0, 0.05) is 11.0 Å². The van der Waals surface area contributed by atoms with E-state index in [9.17, 15) is 4.79 Å². The molecular weight excluding hydrogens is 298 g/mol. The van der Waals surface area contributed by atoms with E-state index in [0.29, 0.717) is 13.2 Å². The molecule has 0 bridgehead atoms. The Morgan fingerprint density at radius 3 is 2.78 bits per heavy atom. The van der Waals surface area contributed by atoms with Gasteiger partial charge in [0.2, 0.25) is 0 Å². The highest BCUT2D eigenvalue weighted by molar-refractivity contribution is 9.10. The van der Waals surface area contributed by atoms with Gasteiger partial charge in [-0.2, -0.15) is 0 Å². The highest BCUT2D eigenvalue weighted by atomic mass is 79.9. The van der Waals surface area contributed by atoms with E-state index < -0.39 is 6.09 Å². The first-order valence-corrected chi connectivity index (χ1v) is 6.84. The van der Waals surface area contributed by atoms with Crippen LogP contribution >= 0.6 is 15.9 Å². The second kappa shape index (κ2) is 6.09. The number of rotatable bonds is 3. The molecule has 4 nitrogen and oxygen atoms in total. The van der Waals surface area contributed by atoms with Crippen molar-refractivity contribution in [3.05, 3.63) is 28.7 Å². The first-order chi connectivity index (χ1) is 8.66. The summed E-state index contributed by atoms with van der Waals surface area (Å²) in [4.78, 5) is 12.6. The van der Waals surface area contributed by atoms with Crippen LogP contribution in [0, 0.1) is 0 Å². The summed E-state index contributed by atoms with van der Waals surface area (Å²) < 4.78 is 6.65. The number of ether oxygens (including phenoxy) is 1. The molecule has 1 aliphatic heterocycles. The number of nitrogens with zero attached hydrogens (tertiary/aromatic N) is 1. The fourth-order valence-corrected chi connectivity index (χ4v) is 2.41. The first-order valence-electron chi connectivity index (χ1n) is 6.05. The Hall–Kier alpha value is -1.23. The summed E-state index contributed by atoms with van der Waals surface area (Å²) in [6.07, 6.45) is 2.04. The van der Waals surface area contributed by atoms with Crippen LogP contribution in [0.3, 0.4) is 0 Å². The van der Waals surface area contributed by atoms with E-state index in [1.54, 1.807) is 0 Å². The van der Waals surface area contributed by atoms with Gasteiger partial charge >= 0.3 is 6.09 Å². The van der Waals surface area contributed by atoms with Crippen LogP contribution in [0.25, 0.3) is 0 Å². The Morgan fingerprint density at radius 2 is 2.11 bits per heavy atom. The van der Waals surface area contributed by atoms with Gasteiger partial charge in [0.05, 0.1) is 6.04 Å². The van der Waals surface area contributed by atoms with Gasteiger partial charge < -0.3 is 14.7 Å². The highest BCUT2D eigenvalue weighted by Crippen LogP contribution is 2.20. The van der Waals surface area contributed by atoms with E-state index in [4.69, 9.17) is 9.84 Å². The van der Waals surface area contributed by atoms with Gasteiger partial charge in [-0.25, -0.2) is 4.79 Å². The average Bonchev–Trinajstić information content (AvgIpc) is 2.38. The van der Waals surface area contributed by atoms with Crippen LogP contribution in [0.15, 0.2) is 28.7 Å². The molecule has 0 spiro atoms. The topological polar surface area (TPSA) is 49.8 Å².